The predicted molar refractivity (Wildman–Crippen MR) is 127 cm³/mol. The molecule has 2 heterocycles. The first-order valence-electron chi connectivity index (χ1n) is 10.8. The molecule has 0 aliphatic heterocycles. The van der Waals surface area contributed by atoms with Crippen molar-refractivity contribution in [3.05, 3.63) is 99.5 Å². The Bertz CT molecular complexity index is 1440. The van der Waals surface area contributed by atoms with Gasteiger partial charge in [-0.1, -0.05) is 29.8 Å². The van der Waals surface area contributed by atoms with E-state index in [1.54, 1.807) is 54.8 Å². The van der Waals surface area contributed by atoms with Crippen LogP contribution < -0.4 is 10.1 Å². The van der Waals surface area contributed by atoms with Crippen LogP contribution in [0.4, 0.5) is 8.78 Å². The minimum absolute atomic E-state index is 0.201. The van der Waals surface area contributed by atoms with Crippen molar-refractivity contribution in [2.75, 3.05) is 0 Å². The fourth-order valence-corrected chi connectivity index (χ4v) is 4.04. The van der Waals surface area contributed by atoms with E-state index >= 15 is 0 Å². The summed E-state index contributed by atoms with van der Waals surface area (Å²) < 4.78 is 36.0. The van der Waals surface area contributed by atoms with Crippen LogP contribution in [0.2, 0.25) is 5.02 Å². The summed E-state index contributed by atoms with van der Waals surface area (Å²) in [5, 5.41) is 12.8. The smallest absolute Gasteiger partial charge is 0.271 e. The summed E-state index contributed by atoms with van der Waals surface area (Å²) in [5.74, 6) is -1.69. The molecule has 0 aliphatic rings. The van der Waals surface area contributed by atoms with Gasteiger partial charge in [0.15, 0.2) is 11.4 Å². The van der Waals surface area contributed by atoms with Gasteiger partial charge in [-0.25, -0.2) is 13.8 Å². The number of aromatic nitrogens is 2. The number of nitrogens with zero attached hydrogens (tertiary/aromatic N) is 3. The quantitative estimate of drug-likeness (QED) is 0.355. The first-order valence-corrected chi connectivity index (χ1v) is 11.1. The van der Waals surface area contributed by atoms with Crippen molar-refractivity contribution in [1.29, 1.82) is 5.26 Å². The van der Waals surface area contributed by atoms with Crippen LogP contribution in [0.3, 0.4) is 0 Å². The summed E-state index contributed by atoms with van der Waals surface area (Å²) in [6.45, 7) is 4.99. The standard InChI is InChI=1S/C26H21ClF2N4O2/c1-14-11-22(35-16(3)23-19(28)5-4-6-20(23)29)25-31-15(2)24(33(25)13-14)26(34)32-21(12-30)17-7-9-18(27)10-8-17/h4-11,13,16,21H,1-3H3,(H,32,34). The molecule has 178 valence electrons. The molecule has 35 heavy (non-hydrogen) atoms. The Balaban J connectivity index is 1.69. The normalized spacial score (nSPS) is 12.7. The first kappa shape index (κ1) is 24.2. The van der Waals surface area contributed by atoms with Crippen LogP contribution in [0.25, 0.3) is 5.65 Å². The Morgan fingerprint density at radius 2 is 1.83 bits per heavy atom. The van der Waals surface area contributed by atoms with E-state index in [4.69, 9.17) is 16.3 Å². The highest BCUT2D eigenvalue weighted by Crippen LogP contribution is 2.31. The number of hydrogen-bond acceptors (Lipinski definition) is 4. The van der Waals surface area contributed by atoms with E-state index in [2.05, 4.69) is 16.4 Å². The van der Waals surface area contributed by atoms with Gasteiger partial charge >= 0.3 is 0 Å². The van der Waals surface area contributed by atoms with E-state index in [1.165, 1.54) is 25.1 Å². The number of nitrogens with one attached hydrogen (secondary N) is 1. The number of hydrogen-bond donors (Lipinski definition) is 1. The predicted octanol–water partition coefficient (Wildman–Crippen LogP) is 6.02. The van der Waals surface area contributed by atoms with Gasteiger partial charge in [0.1, 0.15) is 29.5 Å². The molecule has 0 spiro atoms. The van der Waals surface area contributed by atoms with Crippen molar-refractivity contribution in [2.24, 2.45) is 0 Å². The van der Waals surface area contributed by atoms with Crippen LogP contribution >= 0.6 is 11.6 Å². The average Bonchev–Trinajstić information content (AvgIpc) is 3.13. The lowest BCUT2D eigenvalue weighted by Crippen LogP contribution is -2.29. The molecule has 2 atom stereocenters. The second-order valence-corrected chi connectivity index (χ2v) is 8.54. The van der Waals surface area contributed by atoms with Crippen LogP contribution in [-0.2, 0) is 0 Å². The largest absolute Gasteiger partial charge is 0.482 e. The van der Waals surface area contributed by atoms with Crippen molar-refractivity contribution >= 4 is 23.2 Å². The number of pyridine rings is 1. The van der Waals surface area contributed by atoms with Crippen LogP contribution in [0, 0.1) is 36.8 Å². The Labute approximate surface area is 205 Å². The third-order valence-electron chi connectivity index (χ3n) is 5.53. The number of carbonyl (C=O) groups is 1. The van der Waals surface area contributed by atoms with Gasteiger partial charge in [-0.2, -0.15) is 5.26 Å². The number of nitriles is 1. The molecule has 2 aromatic heterocycles. The molecule has 6 nitrogen and oxygen atoms in total. The Kier molecular flexibility index (Phi) is 6.72. The van der Waals surface area contributed by atoms with E-state index in [-0.39, 0.29) is 17.0 Å². The Morgan fingerprint density at radius 1 is 1.17 bits per heavy atom. The molecular formula is C26H21ClF2N4O2. The number of halogens is 3. The van der Waals surface area contributed by atoms with E-state index in [1.807, 2.05) is 0 Å². The lowest BCUT2D eigenvalue weighted by atomic mass is 10.1. The number of ether oxygens (including phenoxy) is 1. The van der Waals surface area contributed by atoms with Crippen molar-refractivity contribution in [2.45, 2.75) is 32.9 Å². The number of imidazole rings is 1. The van der Waals surface area contributed by atoms with Crippen molar-refractivity contribution < 1.29 is 18.3 Å². The van der Waals surface area contributed by atoms with Gasteiger partial charge in [0.25, 0.3) is 5.91 Å². The molecule has 9 heteroatoms. The monoisotopic (exact) mass is 494 g/mol. The van der Waals surface area contributed by atoms with Gasteiger partial charge in [0.2, 0.25) is 0 Å². The molecule has 0 aliphatic carbocycles. The second kappa shape index (κ2) is 9.72. The molecule has 0 saturated carbocycles. The van der Waals surface area contributed by atoms with E-state index in [0.29, 0.717) is 21.9 Å². The summed E-state index contributed by atoms with van der Waals surface area (Å²) in [6.07, 6.45) is 0.749. The SMILES string of the molecule is Cc1cc(OC(C)c2c(F)cccc2F)c2nc(C)c(C(=O)NC(C#N)c3ccc(Cl)cc3)n2c1. The highest BCUT2D eigenvalue weighted by atomic mass is 35.5. The van der Waals surface area contributed by atoms with Gasteiger partial charge in [-0.05, 0) is 62.2 Å². The molecule has 0 saturated heterocycles. The molecule has 0 fully saturated rings. The molecular weight excluding hydrogens is 474 g/mol. The van der Waals surface area contributed by atoms with Gasteiger partial charge in [0, 0.05) is 11.2 Å². The maximum absolute atomic E-state index is 14.3. The summed E-state index contributed by atoms with van der Waals surface area (Å²) in [7, 11) is 0. The van der Waals surface area contributed by atoms with Gasteiger partial charge < -0.3 is 10.1 Å². The third kappa shape index (κ3) is 4.81. The van der Waals surface area contributed by atoms with Crippen LogP contribution in [0.5, 0.6) is 5.75 Å². The van der Waals surface area contributed by atoms with Crippen molar-refractivity contribution in [3.63, 3.8) is 0 Å². The first-order chi connectivity index (χ1) is 16.7. The van der Waals surface area contributed by atoms with Gasteiger partial charge in [-0.3, -0.25) is 9.20 Å². The maximum atomic E-state index is 14.3. The molecule has 1 amide bonds. The van der Waals surface area contributed by atoms with Crippen molar-refractivity contribution in [3.8, 4) is 11.8 Å². The molecule has 4 rings (SSSR count). The molecule has 0 radical (unpaired) electrons. The zero-order chi connectivity index (χ0) is 25.3. The molecule has 4 aromatic rings. The highest BCUT2D eigenvalue weighted by Gasteiger charge is 2.24. The number of carbonyl (C=O) groups excluding carboxylic acids is 1. The number of benzene rings is 2. The molecule has 2 unspecified atom stereocenters. The minimum Gasteiger partial charge on any atom is -0.482 e. The van der Waals surface area contributed by atoms with Crippen LogP contribution in [0.15, 0.2) is 54.7 Å². The summed E-state index contributed by atoms with van der Waals surface area (Å²) in [6, 6.07) is 13.1. The van der Waals surface area contributed by atoms with Crippen LogP contribution in [0.1, 0.15) is 51.9 Å². The minimum atomic E-state index is -0.955. The zero-order valence-electron chi connectivity index (χ0n) is 19.1. The van der Waals surface area contributed by atoms with E-state index < -0.39 is 29.7 Å². The summed E-state index contributed by atoms with van der Waals surface area (Å²) in [5.41, 5.74) is 2.03. The molecule has 2 aromatic carbocycles. The molecule has 1 N–H and O–H groups in total. The van der Waals surface area contributed by atoms with Crippen LogP contribution in [-0.4, -0.2) is 15.3 Å². The average molecular weight is 495 g/mol. The number of amides is 1. The third-order valence-corrected chi connectivity index (χ3v) is 5.78. The summed E-state index contributed by atoms with van der Waals surface area (Å²) >= 11 is 5.92. The zero-order valence-corrected chi connectivity index (χ0v) is 19.9. The number of rotatable bonds is 6. The Morgan fingerprint density at radius 3 is 2.46 bits per heavy atom. The van der Waals surface area contributed by atoms with Gasteiger partial charge in [-0.15, -0.1) is 0 Å². The second-order valence-electron chi connectivity index (χ2n) is 8.10. The number of fused-ring (bicyclic) bond motifs is 1. The Hall–Kier alpha value is -3.96. The summed E-state index contributed by atoms with van der Waals surface area (Å²) in [4.78, 5) is 17.7. The van der Waals surface area contributed by atoms with E-state index in [0.717, 1.165) is 5.56 Å². The van der Waals surface area contributed by atoms with Gasteiger partial charge in [0.05, 0.1) is 17.3 Å². The number of aryl methyl sites for hydroxylation is 2. The lowest BCUT2D eigenvalue weighted by molar-refractivity contribution is 0.0938. The molecule has 0 bridgehead atoms. The maximum Gasteiger partial charge on any atom is 0.271 e. The van der Waals surface area contributed by atoms with Crippen molar-refractivity contribution in [1.82, 2.24) is 14.7 Å². The fourth-order valence-electron chi connectivity index (χ4n) is 3.91. The lowest BCUT2D eigenvalue weighted by Gasteiger charge is -2.17. The highest BCUT2D eigenvalue weighted by molar-refractivity contribution is 6.30. The fraction of sp³-hybridized carbons (Fsp3) is 0.192. The topological polar surface area (TPSA) is 79.4 Å². The van der Waals surface area contributed by atoms with E-state index in [9.17, 15) is 18.8 Å².